The van der Waals surface area contributed by atoms with E-state index in [1.807, 2.05) is 19.0 Å². The average molecular weight is 167 g/mol. The molecule has 0 bridgehead atoms. The van der Waals surface area contributed by atoms with Gasteiger partial charge in [-0.25, -0.2) is 0 Å². The van der Waals surface area contributed by atoms with Crippen molar-refractivity contribution in [3.05, 3.63) is 11.3 Å². The number of aromatic nitrogens is 1. The van der Waals surface area contributed by atoms with E-state index in [4.69, 9.17) is 4.52 Å². The van der Waals surface area contributed by atoms with Gasteiger partial charge in [0.2, 0.25) is 5.88 Å². The Kier molecular flexibility index (Phi) is 1.77. The summed E-state index contributed by atoms with van der Waals surface area (Å²) in [6.07, 6.45) is 0.979. The van der Waals surface area contributed by atoms with Crippen molar-refractivity contribution in [2.45, 2.75) is 13.0 Å². The molecule has 66 valence electrons. The van der Waals surface area contributed by atoms with Crippen LogP contribution in [0.3, 0.4) is 0 Å². The molecule has 0 atom stereocenters. The van der Waals surface area contributed by atoms with Gasteiger partial charge in [0.15, 0.2) is 0 Å². The minimum Gasteiger partial charge on any atom is -0.346 e. The average Bonchev–Trinajstić information content (AvgIpc) is 2.47. The van der Waals surface area contributed by atoms with Crippen LogP contribution in [-0.4, -0.2) is 25.8 Å². The Morgan fingerprint density at radius 1 is 1.50 bits per heavy atom. The van der Waals surface area contributed by atoms with Crippen molar-refractivity contribution in [3.8, 4) is 0 Å². The second-order valence-electron chi connectivity index (χ2n) is 3.23. The third-order valence-corrected chi connectivity index (χ3v) is 2.10. The predicted molar refractivity (Wildman–Crippen MR) is 46.2 cm³/mol. The van der Waals surface area contributed by atoms with E-state index in [-0.39, 0.29) is 0 Å². The Morgan fingerprint density at radius 2 is 2.33 bits per heavy atom. The molecule has 0 spiro atoms. The van der Waals surface area contributed by atoms with Gasteiger partial charge < -0.3 is 14.7 Å². The summed E-state index contributed by atoms with van der Waals surface area (Å²) in [7, 11) is 3.94. The zero-order valence-electron chi connectivity index (χ0n) is 7.42. The van der Waals surface area contributed by atoms with Crippen molar-refractivity contribution >= 4 is 5.88 Å². The second kappa shape index (κ2) is 2.79. The maximum atomic E-state index is 5.21. The molecule has 0 saturated heterocycles. The van der Waals surface area contributed by atoms with E-state index in [2.05, 4.69) is 10.5 Å². The highest BCUT2D eigenvalue weighted by Gasteiger charge is 2.19. The predicted octanol–water partition coefficient (Wildman–Crippen LogP) is 0.386. The van der Waals surface area contributed by atoms with Crippen molar-refractivity contribution in [2.24, 2.45) is 0 Å². The molecule has 1 aromatic heterocycles. The van der Waals surface area contributed by atoms with E-state index in [0.29, 0.717) is 0 Å². The fourth-order valence-corrected chi connectivity index (χ4v) is 1.48. The summed E-state index contributed by atoms with van der Waals surface area (Å²) >= 11 is 0. The van der Waals surface area contributed by atoms with Gasteiger partial charge in [0, 0.05) is 33.6 Å². The van der Waals surface area contributed by atoms with Gasteiger partial charge >= 0.3 is 0 Å². The van der Waals surface area contributed by atoms with Crippen LogP contribution in [0.2, 0.25) is 0 Å². The first-order chi connectivity index (χ1) is 5.79. The highest BCUT2D eigenvalue weighted by molar-refractivity contribution is 5.45. The fourth-order valence-electron chi connectivity index (χ4n) is 1.48. The lowest BCUT2D eigenvalue weighted by atomic mass is 10.1. The van der Waals surface area contributed by atoms with Gasteiger partial charge in [-0.15, -0.1) is 0 Å². The van der Waals surface area contributed by atoms with E-state index in [9.17, 15) is 0 Å². The molecular weight excluding hydrogens is 154 g/mol. The zero-order chi connectivity index (χ0) is 8.55. The van der Waals surface area contributed by atoms with Crippen LogP contribution in [-0.2, 0) is 13.0 Å². The van der Waals surface area contributed by atoms with Crippen molar-refractivity contribution in [1.29, 1.82) is 0 Å². The normalized spacial score (nSPS) is 15.8. The molecule has 4 heteroatoms. The van der Waals surface area contributed by atoms with Crippen LogP contribution < -0.4 is 10.2 Å². The molecule has 0 fully saturated rings. The van der Waals surface area contributed by atoms with E-state index in [0.717, 1.165) is 31.1 Å². The third kappa shape index (κ3) is 1.08. The monoisotopic (exact) mass is 167 g/mol. The molecule has 0 radical (unpaired) electrons. The standard InChI is InChI=1S/C8H13N3O/c1-11(2)8-6-5-9-4-3-7(6)10-12-8/h9H,3-5H2,1-2H3. The van der Waals surface area contributed by atoms with Crippen LogP contribution in [0.15, 0.2) is 4.52 Å². The fraction of sp³-hybridized carbons (Fsp3) is 0.625. The molecule has 0 unspecified atom stereocenters. The van der Waals surface area contributed by atoms with Crippen LogP contribution in [0, 0.1) is 0 Å². The number of nitrogens with zero attached hydrogens (tertiary/aromatic N) is 2. The van der Waals surface area contributed by atoms with Crippen LogP contribution in [0.1, 0.15) is 11.3 Å². The molecule has 0 amide bonds. The minimum atomic E-state index is 0.881. The van der Waals surface area contributed by atoms with Gasteiger partial charge in [0.1, 0.15) is 0 Å². The highest BCUT2D eigenvalue weighted by Crippen LogP contribution is 2.24. The van der Waals surface area contributed by atoms with Gasteiger partial charge in [-0.2, -0.15) is 0 Å². The summed E-state index contributed by atoms with van der Waals surface area (Å²) in [4.78, 5) is 1.96. The molecule has 1 aromatic rings. The van der Waals surface area contributed by atoms with Gasteiger partial charge in [-0.3, -0.25) is 0 Å². The van der Waals surface area contributed by atoms with Gasteiger partial charge in [0.25, 0.3) is 0 Å². The van der Waals surface area contributed by atoms with E-state index in [1.54, 1.807) is 0 Å². The summed E-state index contributed by atoms with van der Waals surface area (Å²) < 4.78 is 5.21. The highest BCUT2D eigenvalue weighted by atomic mass is 16.5. The zero-order valence-corrected chi connectivity index (χ0v) is 7.42. The maximum absolute atomic E-state index is 5.21. The molecule has 2 rings (SSSR count). The number of rotatable bonds is 1. The van der Waals surface area contributed by atoms with Gasteiger partial charge in [-0.1, -0.05) is 5.16 Å². The van der Waals surface area contributed by atoms with E-state index < -0.39 is 0 Å². The SMILES string of the molecule is CN(C)c1onc2c1CNCC2. The van der Waals surface area contributed by atoms with Crippen molar-refractivity contribution < 1.29 is 4.52 Å². The van der Waals surface area contributed by atoms with E-state index in [1.165, 1.54) is 5.56 Å². The van der Waals surface area contributed by atoms with Gasteiger partial charge in [0.05, 0.1) is 11.3 Å². The van der Waals surface area contributed by atoms with Crippen LogP contribution in [0.4, 0.5) is 5.88 Å². The summed E-state index contributed by atoms with van der Waals surface area (Å²) in [5.41, 5.74) is 2.32. The molecule has 12 heavy (non-hydrogen) atoms. The largest absolute Gasteiger partial charge is 0.346 e. The molecule has 1 aliphatic rings. The summed E-state index contributed by atoms with van der Waals surface area (Å²) in [5, 5.41) is 7.32. The van der Waals surface area contributed by atoms with Crippen molar-refractivity contribution in [2.75, 3.05) is 25.5 Å². The van der Waals surface area contributed by atoms with Crippen molar-refractivity contribution in [3.63, 3.8) is 0 Å². The number of hydrogen-bond donors (Lipinski definition) is 1. The summed E-state index contributed by atoms with van der Waals surface area (Å²) in [5.74, 6) is 0.886. The number of anilines is 1. The Labute approximate surface area is 71.5 Å². The molecule has 0 aromatic carbocycles. The topological polar surface area (TPSA) is 41.3 Å². The Morgan fingerprint density at radius 3 is 3.08 bits per heavy atom. The van der Waals surface area contributed by atoms with Gasteiger partial charge in [-0.05, 0) is 0 Å². The lowest BCUT2D eigenvalue weighted by Gasteiger charge is -2.14. The smallest absolute Gasteiger partial charge is 0.231 e. The Balaban J connectivity index is 2.38. The summed E-state index contributed by atoms with van der Waals surface area (Å²) in [6, 6.07) is 0. The van der Waals surface area contributed by atoms with Crippen LogP contribution in [0.5, 0.6) is 0 Å². The number of hydrogen-bond acceptors (Lipinski definition) is 4. The van der Waals surface area contributed by atoms with Crippen LogP contribution >= 0.6 is 0 Å². The molecule has 2 heterocycles. The first-order valence-corrected chi connectivity index (χ1v) is 4.14. The molecule has 1 aliphatic heterocycles. The summed E-state index contributed by atoms with van der Waals surface area (Å²) in [6.45, 7) is 1.89. The lowest BCUT2D eigenvalue weighted by Crippen LogP contribution is -2.24. The number of nitrogens with one attached hydrogen (secondary N) is 1. The second-order valence-corrected chi connectivity index (χ2v) is 3.23. The first-order valence-electron chi connectivity index (χ1n) is 4.14. The molecule has 4 nitrogen and oxygen atoms in total. The van der Waals surface area contributed by atoms with E-state index >= 15 is 0 Å². The molecular formula is C8H13N3O. The molecule has 0 saturated carbocycles. The Hall–Kier alpha value is -1.03. The number of fused-ring (bicyclic) bond motifs is 1. The maximum Gasteiger partial charge on any atom is 0.231 e. The quantitative estimate of drug-likeness (QED) is 0.656. The molecule has 0 aliphatic carbocycles. The first kappa shape index (κ1) is 7.61. The lowest BCUT2D eigenvalue weighted by molar-refractivity contribution is 0.416. The van der Waals surface area contributed by atoms with Crippen LogP contribution in [0.25, 0.3) is 0 Å². The minimum absolute atomic E-state index is 0.881. The Bertz CT molecular complexity index is 280. The third-order valence-electron chi connectivity index (χ3n) is 2.10. The van der Waals surface area contributed by atoms with Crippen molar-refractivity contribution in [1.82, 2.24) is 10.5 Å². The molecule has 1 N–H and O–H groups in total.